The molecule has 0 radical (unpaired) electrons. The Morgan fingerprint density at radius 1 is 1.29 bits per heavy atom. The summed E-state index contributed by atoms with van der Waals surface area (Å²) in [7, 11) is 0. The molecule has 0 atom stereocenters. The fourth-order valence-electron chi connectivity index (χ4n) is 1.30. The molecule has 0 fully saturated rings. The van der Waals surface area contributed by atoms with Gasteiger partial charge in [0.05, 0.1) is 12.6 Å². The predicted octanol–water partition coefficient (Wildman–Crippen LogP) is 0.697. The van der Waals surface area contributed by atoms with Crippen molar-refractivity contribution in [3.8, 4) is 29.9 Å². The van der Waals surface area contributed by atoms with Crippen molar-refractivity contribution < 1.29 is 15.0 Å². The maximum atomic E-state index is 11.9. The molecule has 1 amide bonds. The van der Waals surface area contributed by atoms with Gasteiger partial charge in [0.25, 0.3) is 5.91 Å². The third-order valence-electron chi connectivity index (χ3n) is 1.98. The summed E-state index contributed by atoms with van der Waals surface area (Å²) in [4.78, 5) is 13.0. The number of amides is 1. The number of terminal acetylenes is 1. The molecule has 0 bridgehead atoms. The lowest BCUT2D eigenvalue weighted by atomic mass is 10.1. The number of benzene rings is 1. The van der Waals surface area contributed by atoms with Crippen molar-refractivity contribution in [2.45, 2.75) is 0 Å². The van der Waals surface area contributed by atoms with Gasteiger partial charge in [-0.3, -0.25) is 4.79 Å². The second-order valence-electron chi connectivity index (χ2n) is 3.26. The highest BCUT2D eigenvalue weighted by molar-refractivity contribution is 5.95. The van der Waals surface area contributed by atoms with Crippen LogP contribution in [0.1, 0.15) is 10.4 Å². The van der Waals surface area contributed by atoms with Crippen molar-refractivity contribution in [3.05, 3.63) is 23.8 Å². The summed E-state index contributed by atoms with van der Waals surface area (Å²) >= 11 is 0. The minimum Gasteiger partial charge on any atom is -0.508 e. The monoisotopic (exact) mass is 230 g/mol. The smallest absolute Gasteiger partial charge is 0.255 e. The van der Waals surface area contributed by atoms with Crippen LogP contribution in [0.15, 0.2) is 18.2 Å². The van der Waals surface area contributed by atoms with E-state index in [1.165, 1.54) is 12.1 Å². The molecule has 1 aromatic carbocycles. The van der Waals surface area contributed by atoms with E-state index in [-0.39, 0.29) is 30.2 Å². The van der Waals surface area contributed by atoms with Crippen molar-refractivity contribution in [3.63, 3.8) is 0 Å². The summed E-state index contributed by atoms with van der Waals surface area (Å²) in [5.74, 6) is 1.28. The van der Waals surface area contributed by atoms with Gasteiger partial charge in [0.15, 0.2) is 0 Å². The maximum absolute atomic E-state index is 11.9. The first-order chi connectivity index (χ1) is 8.08. The first-order valence-electron chi connectivity index (χ1n) is 4.71. The van der Waals surface area contributed by atoms with E-state index in [0.29, 0.717) is 0 Å². The standard InChI is InChI=1S/C12H10N2O3/c1-2-4-14(5-3-13)12(17)9-6-10(15)8-11(16)7-9/h1,6-8,15-16H,4-5H2. The highest BCUT2D eigenvalue weighted by Gasteiger charge is 2.15. The lowest BCUT2D eigenvalue weighted by Crippen LogP contribution is -2.31. The highest BCUT2D eigenvalue weighted by atomic mass is 16.3. The topological polar surface area (TPSA) is 84.6 Å². The van der Waals surface area contributed by atoms with Gasteiger partial charge in [0.2, 0.25) is 0 Å². The van der Waals surface area contributed by atoms with E-state index in [4.69, 9.17) is 11.7 Å². The van der Waals surface area contributed by atoms with E-state index in [2.05, 4.69) is 5.92 Å². The molecule has 0 heterocycles. The zero-order chi connectivity index (χ0) is 12.8. The number of rotatable bonds is 3. The zero-order valence-corrected chi connectivity index (χ0v) is 8.92. The highest BCUT2D eigenvalue weighted by Crippen LogP contribution is 2.21. The number of nitrogens with zero attached hydrogens (tertiary/aromatic N) is 2. The molecule has 0 aromatic heterocycles. The molecule has 17 heavy (non-hydrogen) atoms. The fourth-order valence-corrected chi connectivity index (χ4v) is 1.30. The number of carbonyl (C=O) groups is 1. The van der Waals surface area contributed by atoms with Crippen LogP contribution in [0, 0.1) is 23.7 Å². The third kappa shape index (κ3) is 3.15. The van der Waals surface area contributed by atoms with Crippen LogP contribution < -0.4 is 0 Å². The zero-order valence-electron chi connectivity index (χ0n) is 8.92. The van der Waals surface area contributed by atoms with Gasteiger partial charge in [-0.15, -0.1) is 6.42 Å². The Balaban J connectivity index is 3.02. The number of phenolic OH excluding ortho intramolecular Hbond substituents is 2. The predicted molar refractivity (Wildman–Crippen MR) is 60.1 cm³/mol. The Morgan fingerprint density at radius 3 is 2.35 bits per heavy atom. The van der Waals surface area contributed by atoms with Crippen molar-refractivity contribution in [2.24, 2.45) is 0 Å². The van der Waals surface area contributed by atoms with Crippen LogP contribution in [0.3, 0.4) is 0 Å². The first kappa shape index (κ1) is 12.4. The average molecular weight is 230 g/mol. The SMILES string of the molecule is C#CCN(CC#N)C(=O)c1cc(O)cc(O)c1. The number of carbonyl (C=O) groups excluding carboxylic acids is 1. The lowest BCUT2D eigenvalue weighted by Gasteiger charge is -2.16. The van der Waals surface area contributed by atoms with Crippen molar-refractivity contribution >= 4 is 5.91 Å². The molecule has 0 aliphatic carbocycles. The molecule has 5 heteroatoms. The van der Waals surface area contributed by atoms with E-state index in [9.17, 15) is 15.0 Å². The van der Waals surface area contributed by atoms with E-state index < -0.39 is 5.91 Å². The van der Waals surface area contributed by atoms with Crippen LogP contribution in [0.5, 0.6) is 11.5 Å². The van der Waals surface area contributed by atoms with E-state index in [0.717, 1.165) is 11.0 Å². The second-order valence-corrected chi connectivity index (χ2v) is 3.26. The quantitative estimate of drug-likeness (QED) is 0.591. The number of nitriles is 1. The lowest BCUT2D eigenvalue weighted by molar-refractivity contribution is 0.0794. The molecule has 2 N–H and O–H groups in total. The van der Waals surface area contributed by atoms with Crippen molar-refractivity contribution in [1.82, 2.24) is 4.90 Å². The Labute approximate surface area is 98.5 Å². The summed E-state index contributed by atoms with van der Waals surface area (Å²) in [6, 6.07) is 5.32. The molecular formula is C12H10N2O3. The van der Waals surface area contributed by atoms with Gasteiger partial charge in [-0.1, -0.05) is 5.92 Å². The summed E-state index contributed by atoms with van der Waals surface area (Å²) in [6.45, 7) is -0.164. The van der Waals surface area contributed by atoms with Crippen LogP contribution >= 0.6 is 0 Å². The molecule has 86 valence electrons. The van der Waals surface area contributed by atoms with E-state index in [1.54, 1.807) is 0 Å². The van der Waals surface area contributed by atoms with Crippen molar-refractivity contribution in [1.29, 1.82) is 5.26 Å². The Bertz CT molecular complexity index is 475. The molecule has 0 saturated heterocycles. The van der Waals surface area contributed by atoms with E-state index in [1.807, 2.05) is 6.07 Å². The Morgan fingerprint density at radius 2 is 1.88 bits per heavy atom. The molecule has 0 spiro atoms. The molecular weight excluding hydrogens is 220 g/mol. The Kier molecular flexibility index (Phi) is 3.96. The number of aromatic hydroxyl groups is 2. The van der Waals surface area contributed by atoms with Gasteiger partial charge in [-0.25, -0.2) is 0 Å². The van der Waals surface area contributed by atoms with Crippen molar-refractivity contribution in [2.75, 3.05) is 13.1 Å². The second kappa shape index (κ2) is 5.43. The van der Waals surface area contributed by atoms with Crippen LogP contribution in [0.25, 0.3) is 0 Å². The number of hydrogen-bond donors (Lipinski definition) is 2. The van der Waals surface area contributed by atoms with Gasteiger partial charge in [-0.2, -0.15) is 5.26 Å². The first-order valence-corrected chi connectivity index (χ1v) is 4.71. The minimum atomic E-state index is -0.518. The third-order valence-corrected chi connectivity index (χ3v) is 1.98. The molecule has 0 saturated carbocycles. The summed E-state index contributed by atoms with van der Waals surface area (Å²) in [5.41, 5.74) is 0.0769. The van der Waals surface area contributed by atoms with Crippen LogP contribution in [0.4, 0.5) is 0 Å². The van der Waals surface area contributed by atoms with E-state index >= 15 is 0 Å². The summed E-state index contributed by atoms with van der Waals surface area (Å²) < 4.78 is 0. The van der Waals surface area contributed by atoms with Gasteiger partial charge in [0.1, 0.15) is 18.0 Å². The van der Waals surface area contributed by atoms with Gasteiger partial charge >= 0.3 is 0 Å². The van der Waals surface area contributed by atoms with Gasteiger partial charge < -0.3 is 15.1 Å². The van der Waals surface area contributed by atoms with Gasteiger partial charge in [-0.05, 0) is 12.1 Å². The fraction of sp³-hybridized carbons (Fsp3) is 0.167. The molecule has 1 aromatic rings. The minimum absolute atomic E-state index is 0.0111. The van der Waals surface area contributed by atoms with Crippen LogP contribution in [-0.4, -0.2) is 34.1 Å². The maximum Gasteiger partial charge on any atom is 0.255 e. The molecule has 1 rings (SSSR count). The summed E-state index contributed by atoms with van der Waals surface area (Å²) in [5, 5.41) is 27.1. The van der Waals surface area contributed by atoms with Gasteiger partial charge in [0, 0.05) is 11.6 Å². The molecule has 0 unspecified atom stereocenters. The molecule has 5 nitrogen and oxygen atoms in total. The summed E-state index contributed by atoms with van der Waals surface area (Å²) in [6.07, 6.45) is 5.08. The average Bonchev–Trinajstić information content (AvgIpc) is 2.26. The largest absolute Gasteiger partial charge is 0.508 e. The van der Waals surface area contributed by atoms with Crippen LogP contribution in [0.2, 0.25) is 0 Å². The number of hydrogen-bond acceptors (Lipinski definition) is 4. The molecule has 0 aliphatic heterocycles. The normalized spacial score (nSPS) is 9.06. The Hall–Kier alpha value is -2.66. The van der Waals surface area contributed by atoms with Crippen LogP contribution in [-0.2, 0) is 0 Å². The number of phenols is 2. The molecule has 0 aliphatic rings.